The van der Waals surface area contributed by atoms with E-state index in [1.54, 1.807) is 0 Å². The van der Waals surface area contributed by atoms with Gasteiger partial charge in [-0.3, -0.25) is 0 Å². The van der Waals surface area contributed by atoms with Crippen LogP contribution in [0.15, 0.2) is 194 Å². The summed E-state index contributed by atoms with van der Waals surface area (Å²) in [4.78, 5) is 10.3. The summed E-state index contributed by atoms with van der Waals surface area (Å²) < 4.78 is 2.59. The van der Waals surface area contributed by atoms with E-state index in [4.69, 9.17) is 9.97 Å². The molecule has 0 spiro atoms. The van der Waals surface area contributed by atoms with Gasteiger partial charge in [-0.05, 0) is 86.6 Å². The van der Waals surface area contributed by atoms with Crippen LogP contribution in [0.1, 0.15) is 0 Å². The number of hydrogen-bond acceptors (Lipinski definition) is 3. The second-order valence-corrected chi connectivity index (χ2v) is 14.5. The van der Waals surface area contributed by atoms with E-state index in [2.05, 4.69) is 170 Å². The molecule has 8 aromatic carbocycles. The van der Waals surface area contributed by atoms with Crippen LogP contribution in [-0.4, -0.2) is 9.97 Å². The van der Waals surface area contributed by atoms with Gasteiger partial charge in [0.15, 0.2) is 5.82 Å². The molecule has 0 aliphatic heterocycles. The van der Waals surface area contributed by atoms with Gasteiger partial charge in [0.05, 0.1) is 11.4 Å². The summed E-state index contributed by atoms with van der Waals surface area (Å²) in [5.74, 6) is 0.706. The van der Waals surface area contributed by atoms with Crippen molar-refractivity contribution < 1.29 is 0 Å². The highest BCUT2D eigenvalue weighted by Crippen LogP contribution is 2.47. The zero-order valence-electron chi connectivity index (χ0n) is 28.8. The smallest absolute Gasteiger partial charge is 0.160 e. The van der Waals surface area contributed by atoms with E-state index >= 15 is 0 Å². The van der Waals surface area contributed by atoms with Crippen molar-refractivity contribution in [2.24, 2.45) is 0 Å². The topological polar surface area (TPSA) is 25.8 Å². The van der Waals surface area contributed by atoms with Crippen LogP contribution < -0.4 is 0 Å². The number of benzene rings is 8. The first-order chi connectivity index (χ1) is 26.2. The van der Waals surface area contributed by atoms with E-state index in [9.17, 15) is 0 Å². The van der Waals surface area contributed by atoms with Crippen LogP contribution in [0.4, 0.5) is 0 Å². The zero-order valence-corrected chi connectivity index (χ0v) is 29.6. The minimum Gasteiger partial charge on any atom is -0.228 e. The largest absolute Gasteiger partial charge is 0.228 e. The number of hydrogen-bond donors (Lipinski definition) is 0. The Morgan fingerprint density at radius 3 is 1.55 bits per heavy atom. The fourth-order valence-corrected chi connectivity index (χ4v) is 8.64. The lowest BCUT2D eigenvalue weighted by Crippen LogP contribution is -1.97. The molecule has 2 heterocycles. The van der Waals surface area contributed by atoms with Gasteiger partial charge in [0, 0.05) is 36.9 Å². The molecule has 0 aliphatic rings. The number of nitrogens with zero attached hydrogens (tertiary/aromatic N) is 2. The lowest BCUT2D eigenvalue weighted by Gasteiger charge is -2.16. The Labute approximate surface area is 312 Å². The van der Waals surface area contributed by atoms with Crippen molar-refractivity contribution in [2.45, 2.75) is 0 Å². The highest BCUT2D eigenvalue weighted by atomic mass is 32.1. The maximum atomic E-state index is 5.25. The molecule has 0 radical (unpaired) electrons. The molecule has 0 bridgehead atoms. The van der Waals surface area contributed by atoms with Crippen LogP contribution in [0.3, 0.4) is 0 Å². The fourth-order valence-electron chi connectivity index (χ4n) is 7.50. The van der Waals surface area contributed by atoms with Gasteiger partial charge in [0.2, 0.25) is 0 Å². The van der Waals surface area contributed by atoms with Crippen LogP contribution in [0.5, 0.6) is 0 Å². The van der Waals surface area contributed by atoms with E-state index in [0.717, 1.165) is 44.8 Å². The highest BCUT2D eigenvalue weighted by molar-refractivity contribution is 7.26. The summed E-state index contributed by atoms with van der Waals surface area (Å²) in [7, 11) is 0. The first-order valence-electron chi connectivity index (χ1n) is 17.9. The fraction of sp³-hybridized carbons (Fsp3) is 0. The number of thiophene rings is 1. The molecule has 0 unspecified atom stereocenters. The van der Waals surface area contributed by atoms with Crippen LogP contribution in [0.25, 0.3) is 98.2 Å². The molecule has 2 nitrogen and oxygen atoms in total. The van der Waals surface area contributed by atoms with Crippen LogP contribution >= 0.6 is 11.3 Å². The molecule has 248 valence electrons. The summed E-state index contributed by atoms with van der Waals surface area (Å²) in [6.07, 6.45) is 0. The number of rotatable bonds is 6. The molecule has 0 aliphatic carbocycles. The lowest BCUT2D eigenvalue weighted by atomic mass is 9.88. The van der Waals surface area contributed by atoms with Crippen LogP contribution in [0, 0.1) is 0 Å². The normalized spacial score (nSPS) is 11.4. The van der Waals surface area contributed by atoms with Gasteiger partial charge in [-0.2, -0.15) is 0 Å². The summed E-state index contributed by atoms with van der Waals surface area (Å²) in [6, 6.07) is 69.3. The zero-order chi connectivity index (χ0) is 35.1. The first-order valence-corrected chi connectivity index (χ1v) is 18.7. The molecule has 0 amide bonds. The van der Waals surface area contributed by atoms with Gasteiger partial charge in [-0.15, -0.1) is 11.3 Å². The number of aromatic nitrogens is 2. The highest BCUT2D eigenvalue weighted by Gasteiger charge is 2.19. The molecule has 3 heteroatoms. The van der Waals surface area contributed by atoms with Crippen molar-refractivity contribution in [1.29, 1.82) is 0 Å². The standard InChI is InChI=1S/C50H32N2S/c1-5-15-33(16-6-1)39-27-40(29-41(28-39)45-32-44(34-17-7-2-8-18-34)51-50(52-45)36-21-11-4-12-22-36)42-25-26-46-49(48(42)35-19-9-3-10-20-35)43-30-37-23-13-14-24-38(37)31-47(43)53-46/h1-32H. The Morgan fingerprint density at radius 2 is 0.868 bits per heavy atom. The lowest BCUT2D eigenvalue weighted by molar-refractivity contribution is 1.18. The third kappa shape index (κ3) is 5.78. The Hall–Kier alpha value is -6.68. The average Bonchev–Trinajstić information content (AvgIpc) is 3.60. The second-order valence-electron chi connectivity index (χ2n) is 13.4. The third-order valence-corrected chi connectivity index (χ3v) is 11.2. The Morgan fingerprint density at radius 1 is 0.340 bits per heavy atom. The van der Waals surface area contributed by atoms with E-state index in [0.29, 0.717) is 5.82 Å². The van der Waals surface area contributed by atoms with Gasteiger partial charge in [0.25, 0.3) is 0 Å². The molecule has 0 saturated carbocycles. The molecule has 10 aromatic rings. The molecular weight excluding hydrogens is 661 g/mol. The van der Waals surface area contributed by atoms with Crippen LogP contribution in [-0.2, 0) is 0 Å². The van der Waals surface area contributed by atoms with E-state index in [-0.39, 0.29) is 0 Å². The molecule has 0 atom stereocenters. The van der Waals surface area contributed by atoms with Crippen molar-refractivity contribution in [3.05, 3.63) is 194 Å². The quantitative estimate of drug-likeness (QED) is 0.173. The molecule has 10 rings (SSSR count). The third-order valence-electron chi connectivity index (χ3n) is 10.0. The summed E-state index contributed by atoms with van der Waals surface area (Å²) in [6.45, 7) is 0. The average molecular weight is 693 g/mol. The van der Waals surface area contributed by atoms with Gasteiger partial charge in [-0.1, -0.05) is 152 Å². The monoisotopic (exact) mass is 692 g/mol. The van der Waals surface area contributed by atoms with Crippen molar-refractivity contribution in [1.82, 2.24) is 9.97 Å². The Kier molecular flexibility index (Phi) is 7.71. The van der Waals surface area contributed by atoms with Gasteiger partial charge >= 0.3 is 0 Å². The molecule has 0 fully saturated rings. The minimum absolute atomic E-state index is 0.706. The van der Waals surface area contributed by atoms with Gasteiger partial charge in [-0.25, -0.2) is 9.97 Å². The molecular formula is C50H32N2S. The predicted molar refractivity (Wildman–Crippen MR) is 225 cm³/mol. The van der Waals surface area contributed by atoms with E-state index in [1.165, 1.54) is 47.6 Å². The van der Waals surface area contributed by atoms with Crippen molar-refractivity contribution in [3.63, 3.8) is 0 Å². The number of fused-ring (bicyclic) bond motifs is 4. The van der Waals surface area contributed by atoms with Crippen molar-refractivity contribution >= 4 is 42.3 Å². The summed E-state index contributed by atoms with van der Waals surface area (Å²) in [5, 5.41) is 5.11. The minimum atomic E-state index is 0.706. The van der Waals surface area contributed by atoms with Gasteiger partial charge < -0.3 is 0 Å². The SMILES string of the molecule is c1ccc(-c2cc(-c3cc(-c4ccccc4)nc(-c4ccccc4)n3)cc(-c3ccc4sc5cc6ccccc6cc5c4c3-c3ccccc3)c2)cc1. The Bertz CT molecular complexity index is 2860. The molecule has 53 heavy (non-hydrogen) atoms. The predicted octanol–water partition coefficient (Wildman–Crippen LogP) is 14.0. The maximum absolute atomic E-state index is 5.25. The Balaban J connectivity index is 1.26. The second kappa shape index (κ2) is 13.1. The molecule has 0 saturated heterocycles. The summed E-state index contributed by atoms with van der Waals surface area (Å²) >= 11 is 1.87. The first kappa shape index (κ1) is 31.1. The molecule has 0 N–H and O–H groups in total. The van der Waals surface area contributed by atoms with Gasteiger partial charge in [0.1, 0.15) is 0 Å². The van der Waals surface area contributed by atoms with Crippen LogP contribution in [0.2, 0.25) is 0 Å². The van der Waals surface area contributed by atoms with E-state index < -0.39 is 0 Å². The van der Waals surface area contributed by atoms with Crippen molar-refractivity contribution in [3.8, 4) is 67.3 Å². The summed E-state index contributed by atoms with van der Waals surface area (Å²) in [5.41, 5.74) is 11.9. The maximum Gasteiger partial charge on any atom is 0.160 e. The molecule has 2 aromatic heterocycles. The van der Waals surface area contributed by atoms with E-state index in [1.807, 2.05) is 35.6 Å². The van der Waals surface area contributed by atoms with Crippen molar-refractivity contribution in [2.75, 3.05) is 0 Å².